The maximum atomic E-state index is 12.5. The first-order valence-corrected chi connectivity index (χ1v) is 8.96. The normalized spacial score (nSPS) is 18.0. The third kappa shape index (κ3) is 4.14. The van der Waals surface area contributed by atoms with Gasteiger partial charge in [-0.3, -0.25) is 9.59 Å². The lowest BCUT2D eigenvalue weighted by molar-refractivity contribution is -0.655. The topological polar surface area (TPSA) is 94.5 Å². The Labute approximate surface area is 154 Å². The minimum absolute atomic E-state index is 0.00432. The highest BCUT2D eigenvalue weighted by atomic mass is 16.3. The number of hydrogen-bond donors (Lipinski definition) is 3. The van der Waals surface area contributed by atoms with Gasteiger partial charge in [0.15, 0.2) is 11.5 Å². The van der Waals surface area contributed by atoms with E-state index in [0.717, 1.165) is 11.1 Å². The van der Waals surface area contributed by atoms with E-state index < -0.39 is 17.7 Å². The van der Waals surface area contributed by atoms with Crippen molar-refractivity contribution in [2.75, 3.05) is 26.2 Å². The van der Waals surface area contributed by atoms with Crippen molar-refractivity contribution in [2.45, 2.75) is 39.2 Å². The number of aliphatic hydroxyl groups excluding tert-OH is 2. The number of hydrogen-bond acceptors (Lipinski definition) is 4. The standard InChI is InChI=1S/C20H28N2O4/c1-13(24)16-17(14-5-7-15(8-6-14)20(2,3)4)22(19(26)18(16)25)11-9-21-10-12-23/h5-8,17,21,23,25H,9-12H2,1-4H3/p+1/t17-/m0/s1. The fourth-order valence-corrected chi connectivity index (χ4v) is 3.22. The number of quaternary nitrogens is 1. The van der Waals surface area contributed by atoms with Crippen LogP contribution in [-0.4, -0.2) is 53.0 Å². The Morgan fingerprint density at radius 1 is 1.19 bits per heavy atom. The van der Waals surface area contributed by atoms with E-state index in [2.05, 4.69) is 20.8 Å². The third-order valence-corrected chi connectivity index (χ3v) is 4.68. The molecule has 0 radical (unpaired) electrons. The molecular formula is C20H29N2O4+. The summed E-state index contributed by atoms with van der Waals surface area (Å²) in [6.07, 6.45) is 0. The van der Waals surface area contributed by atoms with E-state index in [-0.39, 0.29) is 23.4 Å². The molecule has 0 fully saturated rings. The van der Waals surface area contributed by atoms with E-state index in [9.17, 15) is 14.7 Å². The molecule has 0 saturated carbocycles. The summed E-state index contributed by atoms with van der Waals surface area (Å²) in [5.41, 5.74) is 2.12. The summed E-state index contributed by atoms with van der Waals surface area (Å²) in [5.74, 6) is -1.27. The van der Waals surface area contributed by atoms with Crippen LogP contribution < -0.4 is 5.32 Å². The molecule has 6 heteroatoms. The fraction of sp³-hybridized carbons (Fsp3) is 0.500. The monoisotopic (exact) mass is 361 g/mol. The van der Waals surface area contributed by atoms with Crippen LogP contribution in [0.1, 0.15) is 44.9 Å². The summed E-state index contributed by atoms with van der Waals surface area (Å²) in [6, 6.07) is 7.28. The van der Waals surface area contributed by atoms with Crippen molar-refractivity contribution in [3.63, 3.8) is 0 Å². The lowest BCUT2D eigenvalue weighted by Crippen LogP contribution is -2.86. The summed E-state index contributed by atoms with van der Waals surface area (Å²) < 4.78 is 0. The molecule has 4 N–H and O–H groups in total. The molecule has 6 nitrogen and oxygen atoms in total. The van der Waals surface area contributed by atoms with Crippen LogP contribution in [0.4, 0.5) is 0 Å². The van der Waals surface area contributed by atoms with Crippen LogP contribution in [0.15, 0.2) is 35.6 Å². The molecule has 26 heavy (non-hydrogen) atoms. The van der Waals surface area contributed by atoms with Crippen molar-refractivity contribution in [3.8, 4) is 0 Å². The van der Waals surface area contributed by atoms with Gasteiger partial charge >= 0.3 is 0 Å². The van der Waals surface area contributed by atoms with Crippen LogP contribution in [0.3, 0.4) is 0 Å². The van der Waals surface area contributed by atoms with Crippen LogP contribution in [0.5, 0.6) is 0 Å². The summed E-state index contributed by atoms with van der Waals surface area (Å²) in [5, 5.41) is 21.0. The Bertz CT molecular complexity index is 702. The largest absolute Gasteiger partial charge is 0.503 e. The van der Waals surface area contributed by atoms with Gasteiger partial charge in [-0.2, -0.15) is 0 Å². The lowest BCUT2D eigenvalue weighted by Gasteiger charge is -2.27. The zero-order chi connectivity index (χ0) is 19.5. The van der Waals surface area contributed by atoms with Gasteiger partial charge in [-0.1, -0.05) is 45.0 Å². The van der Waals surface area contributed by atoms with Gasteiger partial charge in [0.05, 0.1) is 37.9 Å². The van der Waals surface area contributed by atoms with E-state index in [1.165, 1.54) is 11.8 Å². The van der Waals surface area contributed by atoms with Gasteiger partial charge in [-0.15, -0.1) is 0 Å². The van der Waals surface area contributed by atoms with Crippen LogP contribution in [0, 0.1) is 0 Å². The minimum atomic E-state index is -0.573. The first-order valence-electron chi connectivity index (χ1n) is 8.96. The SMILES string of the molecule is CC(=O)C1=C(O)C(=O)N(CC[NH2+]CCO)[C@H]1c1ccc(C(C)(C)C)cc1. The molecule has 1 atom stereocenters. The van der Waals surface area contributed by atoms with Crippen molar-refractivity contribution in [1.29, 1.82) is 0 Å². The second-order valence-electron chi connectivity index (χ2n) is 7.68. The van der Waals surface area contributed by atoms with Crippen LogP contribution in [0.2, 0.25) is 0 Å². The summed E-state index contributed by atoms with van der Waals surface area (Å²) in [6.45, 7) is 9.31. The molecule has 1 aliphatic rings. The van der Waals surface area contributed by atoms with E-state index >= 15 is 0 Å². The summed E-state index contributed by atoms with van der Waals surface area (Å²) in [4.78, 5) is 26.1. The van der Waals surface area contributed by atoms with E-state index in [1.54, 1.807) is 0 Å². The number of carbonyl (C=O) groups is 2. The predicted octanol–water partition coefficient (Wildman–Crippen LogP) is 0.824. The number of carbonyl (C=O) groups excluding carboxylic acids is 2. The Balaban J connectivity index is 2.34. The molecule has 0 unspecified atom stereocenters. The number of benzene rings is 1. The predicted molar refractivity (Wildman–Crippen MR) is 98.7 cm³/mol. The van der Waals surface area contributed by atoms with Crippen LogP contribution in [0.25, 0.3) is 0 Å². The maximum Gasteiger partial charge on any atom is 0.290 e. The van der Waals surface area contributed by atoms with Crippen molar-refractivity contribution in [2.24, 2.45) is 0 Å². The highest BCUT2D eigenvalue weighted by Gasteiger charge is 2.42. The Morgan fingerprint density at radius 2 is 1.81 bits per heavy atom. The zero-order valence-electron chi connectivity index (χ0n) is 16.0. The molecule has 1 aliphatic heterocycles. The molecule has 2 rings (SSSR count). The Morgan fingerprint density at radius 3 is 2.31 bits per heavy atom. The van der Waals surface area contributed by atoms with Gasteiger partial charge < -0.3 is 20.4 Å². The second kappa shape index (κ2) is 8.01. The molecule has 0 aromatic heterocycles. The van der Waals surface area contributed by atoms with Gasteiger partial charge in [0.25, 0.3) is 5.91 Å². The molecule has 1 aromatic carbocycles. The number of nitrogens with zero attached hydrogens (tertiary/aromatic N) is 1. The number of rotatable bonds is 7. The molecular weight excluding hydrogens is 332 g/mol. The highest BCUT2D eigenvalue weighted by molar-refractivity contribution is 6.08. The summed E-state index contributed by atoms with van der Waals surface area (Å²) >= 11 is 0. The average molecular weight is 361 g/mol. The van der Waals surface area contributed by atoms with Crippen molar-refractivity contribution in [3.05, 3.63) is 46.7 Å². The number of ketones is 1. The molecule has 0 bridgehead atoms. The average Bonchev–Trinajstić information content (AvgIpc) is 2.83. The minimum Gasteiger partial charge on any atom is -0.503 e. The van der Waals surface area contributed by atoms with Gasteiger partial charge in [-0.05, 0) is 23.5 Å². The number of nitrogens with two attached hydrogens (primary N) is 1. The Kier molecular flexibility index (Phi) is 6.21. The molecule has 142 valence electrons. The first kappa shape index (κ1) is 20.1. The first-order chi connectivity index (χ1) is 12.2. The van der Waals surface area contributed by atoms with Crippen molar-refractivity contribution >= 4 is 11.7 Å². The highest BCUT2D eigenvalue weighted by Crippen LogP contribution is 2.37. The number of aliphatic hydroxyl groups is 2. The van der Waals surface area contributed by atoms with Gasteiger partial charge in [0.1, 0.15) is 0 Å². The van der Waals surface area contributed by atoms with Gasteiger partial charge in [-0.25, -0.2) is 0 Å². The third-order valence-electron chi connectivity index (χ3n) is 4.68. The molecule has 1 amide bonds. The van der Waals surface area contributed by atoms with Crippen molar-refractivity contribution < 1.29 is 25.1 Å². The molecule has 0 spiro atoms. The zero-order valence-corrected chi connectivity index (χ0v) is 16.0. The lowest BCUT2D eigenvalue weighted by atomic mass is 9.85. The van der Waals surface area contributed by atoms with E-state index in [0.29, 0.717) is 19.6 Å². The fourth-order valence-electron chi connectivity index (χ4n) is 3.22. The summed E-state index contributed by atoms with van der Waals surface area (Å²) in [7, 11) is 0. The molecule has 0 aliphatic carbocycles. The van der Waals surface area contributed by atoms with Crippen LogP contribution in [-0.2, 0) is 15.0 Å². The van der Waals surface area contributed by atoms with Gasteiger partial charge in [0, 0.05) is 0 Å². The molecule has 1 heterocycles. The Hall–Kier alpha value is -2.18. The van der Waals surface area contributed by atoms with Crippen LogP contribution >= 0.6 is 0 Å². The van der Waals surface area contributed by atoms with E-state index in [1.807, 2.05) is 29.6 Å². The molecule has 0 saturated heterocycles. The second-order valence-corrected chi connectivity index (χ2v) is 7.68. The number of Topliss-reactive ketones (excluding diaryl/α,β-unsaturated/α-hetero) is 1. The molecule has 1 aromatic rings. The number of amides is 1. The van der Waals surface area contributed by atoms with Gasteiger partial charge in [0.2, 0.25) is 0 Å². The smallest absolute Gasteiger partial charge is 0.290 e. The maximum absolute atomic E-state index is 12.5. The van der Waals surface area contributed by atoms with E-state index in [4.69, 9.17) is 5.11 Å². The quantitative estimate of drug-likeness (QED) is 0.627. The van der Waals surface area contributed by atoms with Crippen molar-refractivity contribution in [1.82, 2.24) is 4.90 Å².